The standard InChI is InChI=1S/C20H31N5O.HI/c1-16-5-3-4-6-18(16)19-15-25(11-12-26-19)20(21-2)22-13-17-14-23-7-9-24(17)10-8-23;/h3-6,17,19H,7-15H2,1-2H3,(H,21,22);1H. The molecule has 6 nitrogen and oxygen atoms in total. The molecule has 1 aromatic carbocycles. The molecule has 5 rings (SSSR count). The van der Waals surface area contributed by atoms with Gasteiger partial charge in [-0.05, 0) is 18.1 Å². The highest BCUT2D eigenvalue weighted by Crippen LogP contribution is 2.25. The first-order chi connectivity index (χ1) is 12.7. The van der Waals surface area contributed by atoms with E-state index in [0.717, 1.165) is 32.2 Å². The van der Waals surface area contributed by atoms with Gasteiger partial charge in [0.05, 0.1) is 13.2 Å². The van der Waals surface area contributed by atoms with Crippen molar-refractivity contribution >= 4 is 29.9 Å². The average molecular weight is 485 g/mol. The van der Waals surface area contributed by atoms with E-state index >= 15 is 0 Å². The highest BCUT2D eigenvalue weighted by molar-refractivity contribution is 14.0. The number of aryl methyl sites for hydroxylation is 1. The second-order valence-corrected chi connectivity index (χ2v) is 7.58. The lowest BCUT2D eigenvalue weighted by atomic mass is 10.0. The summed E-state index contributed by atoms with van der Waals surface area (Å²) >= 11 is 0. The Labute approximate surface area is 180 Å². The zero-order chi connectivity index (χ0) is 17.9. The third-order valence-electron chi connectivity index (χ3n) is 6.00. The maximum atomic E-state index is 6.07. The van der Waals surface area contributed by atoms with Gasteiger partial charge in [0, 0.05) is 58.9 Å². The summed E-state index contributed by atoms with van der Waals surface area (Å²) in [5.41, 5.74) is 2.58. The number of piperazine rings is 3. The Hall–Kier alpha value is -0.900. The van der Waals surface area contributed by atoms with Gasteiger partial charge in [-0.1, -0.05) is 24.3 Å². The van der Waals surface area contributed by atoms with Crippen LogP contribution in [0.15, 0.2) is 29.3 Å². The van der Waals surface area contributed by atoms with Crippen molar-refractivity contribution in [1.82, 2.24) is 20.0 Å². The molecule has 2 atom stereocenters. The van der Waals surface area contributed by atoms with Gasteiger partial charge >= 0.3 is 0 Å². The van der Waals surface area contributed by atoms with Crippen molar-refractivity contribution in [3.05, 3.63) is 35.4 Å². The second kappa shape index (κ2) is 9.54. The number of halogens is 1. The molecule has 0 aliphatic carbocycles. The lowest BCUT2D eigenvalue weighted by Gasteiger charge is -2.47. The lowest BCUT2D eigenvalue weighted by molar-refractivity contribution is -0.00927. The normalized spacial score (nSPS) is 30.7. The van der Waals surface area contributed by atoms with Gasteiger partial charge in [-0.25, -0.2) is 0 Å². The summed E-state index contributed by atoms with van der Waals surface area (Å²) in [5, 5.41) is 3.63. The van der Waals surface area contributed by atoms with Crippen molar-refractivity contribution in [3.63, 3.8) is 0 Å². The maximum absolute atomic E-state index is 6.07. The summed E-state index contributed by atoms with van der Waals surface area (Å²) in [7, 11) is 1.89. The monoisotopic (exact) mass is 485 g/mol. The SMILES string of the molecule is CN=C(NCC1CN2CCN1CC2)N1CCOC(c2ccccc2C)C1.I. The van der Waals surface area contributed by atoms with E-state index in [9.17, 15) is 0 Å². The number of ether oxygens (including phenoxy) is 1. The van der Waals surface area contributed by atoms with E-state index in [1.54, 1.807) is 0 Å². The summed E-state index contributed by atoms with van der Waals surface area (Å²) in [6.45, 7) is 11.7. The molecule has 0 saturated carbocycles. The predicted octanol–water partition coefficient (Wildman–Crippen LogP) is 1.56. The fraction of sp³-hybridized carbons (Fsp3) is 0.650. The lowest BCUT2D eigenvalue weighted by Crippen LogP contribution is -2.64. The zero-order valence-electron chi connectivity index (χ0n) is 16.4. The quantitative estimate of drug-likeness (QED) is 0.400. The second-order valence-electron chi connectivity index (χ2n) is 7.58. The Morgan fingerprint density at radius 3 is 2.59 bits per heavy atom. The number of nitrogens with zero attached hydrogens (tertiary/aromatic N) is 4. The summed E-state index contributed by atoms with van der Waals surface area (Å²) in [6, 6.07) is 9.12. The summed E-state index contributed by atoms with van der Waals surface area (Å²) in [4.78, 5) is 12.1. The van der Waals surface area contributed by atoms with E-state index in [0.29, 0.717) is 6.04 Å². The molecule has 0 spiro atoms. The number of aliphatic imine (C=N–C) groups is 1. The predicted molar refractivity (Wildman–Crippen MR) is 120 cm³/mol. The summed E-state index contributed by atoms with van der Waals surface area (Å²) in [6.07, 6.45) is 0.115. The molecule has 2 unspecified atom stereocenters. The van der Waals surface area contributed by atoms with E-state index in [1.165, 1.54) is 43.9 Å². The molecule has 150 valence electrons. The first-order valence-electron chi connectivity index (χ1n) is 9.83. The van der Waals surface area contributed by atoms with Crippen LogP contribution in [-0.2, 0) is 4.74 Å². The number of benzene rings is 1. The van der Waals surface area contributed by atoms with Crippen LogP contribution in [0, 0.1) is 6.92 Å². The number of guanidine groups is 1. The Kier molecular flexibility index (Phi) is 7.35. The molecule has 4 fully saturated rings. The molecule has 1 N–H and O–H groups in total. The Morgan fingerprint density at radius 1 is 1.15 bits per heavy atom. The van der Waals surface area contributed by atoms with Crippen molar-refractivity contribution < 1.29 is 4.74 Å². The van der Waals surface area contributed by atoms with Crippen molar-refractivity contribution in [2.45, 2.75) is 19.1 Å². The van der Waals surface area contributed by atoms with Gasteiger partial charge in [-0.2, -0.15) is 0 Å². The molecule has 1 aromatic rings. The van der Waals surface area contributed by atoms with Gasteiger partial charge < -0.3 is 15.0 Å². The minimum Gasteiger partial charge on any atom is -0.370 e. The molecule has 4 heterocycles. The zero-order valence-corrected chi connectivity index (χ0v) is 18.8. The number of hydrogen-bond donors (Lipinski definition) is 1. The van der Waals surface area contributed by atoms with Crippen molar-refractivity contribution in [1.29, 1.82) is 0 Å². The fourth-order valence-corrected chi connectivity index (χ4v) is 4.44. The van der Waals surface area contributed by atoms with E-state index < -0.39 is 0 Å². The third kappa shape index (κ3) is 4.75. The fourth-order valence-electron chi connectivity index (χ4n) is 4.44. The van der Waals surface area contributed by atoms with Crippen molar-refractivity contribution in [2.75, 3.05) is 66.0 Å². The van der Waals surface area contributed by atoms with E-state index in [1.807, 2.05) is 7.05 Å². The summed E-state index contributed by atoms with van der Waals surface area (Å²) < 4.78 is 6.07. The minimum absolute atomic E-state index is 0. The number of fused-ring (bicyclic) bond motifs is 3. The van der Waals surface area contributed by atoms with Gasteiger partial charge in [0.2, 0.25) is 0 Å². The number of morpholine rings is 1. The van der Waals surface area contributed by atoms with Crippen LogP contribution >= 0.6 is 24.0 Å². The molecule has 4 saturated heterocycles. The molecule has 0 amide bonds. The Balaban J connectivity index is 0.00000210. The van der Waals surface area contributed by atoms with Gasteiger partial charge in [0.1, 0.15) is 6.10 Å². The first-order valence-corrected chi connectivity index (χ1v) is 9.83. The highest BCUT2D eigenvalue weighted by atomic mass is 127. The van der Waals surface area contributed by atoms with E-state index in [-0.39, 0.29) is 30.1 Å². The van der Waals surface area contributed by atoms with Crippen LogP contribution in [0.3, 0.4) is 0 Å². The Morgan fingerprint density at radius 2 is 1.93 bits per heavy atom. The van der Waals surface area contributed by atoms with Crippen LogP contribution in [-0.4, -0.2) is 92.7 Å². The van der Waals surface area contributed by atoms with Gasteiger partial charge in [-0.3, -0.25) is 14.8 Å². The smallest absolute Gasteiger partial charge is 0.193 e. The van der Waals surface area contributed by atoms with Crippen LogP contribution in [0.5, 0.6) is 0 Å². The molecule has 4 aliphatic rings. The van der Waals surface area contributed by atoms with Gasteiger partial charge in [-0.15, -0.1) is 24.0 Å². The van der Waals surface area contributed by atoms with E-state index in [4.69, 9.17) is 4.74 Å². The van der Waals surface area contributed by atoms with E-state index in [2.05, 4.69) is 56.2 Å². The molecule has 0 radical (unpaired) electrons. The molecular weight excluding hydrogens is 453 g/mol. The Bertz CT molecular complexity index is 647. The van der Waals surface area contributed by atoms with Gasteiger partial charge in [0.15, 0.2) is 5.96 Å². The van der Waals surface area contributed by atoms with Crippen molar-refractivity contribution in [3.8, 4) is 0 Å². The number of nitrogens with one attached hydrogen (secondary N) is 1. The minimum atomic E-state index is 0. The molecule has 2 bridgehead atoms. The molecular formula is C20H32IN5O. The topological polar surface area (TPSA) is 43.3 Å². The highest BCUT2D eigenvalue weighted by Gasteiger charge is 2.32. The largest absolute Gasteiger partial charge is 0.370 e. The van der Waals surface area contributed by atoms with Crippen LogP contribution in [0.25, 0.3) is 0 Å². The molecule has 4 aliphatic heterocycles. The van der Waals surface area contributed by atoms with Crippen LogP contribution in [0.4, 0.5) is 0 Å². The third-order valence-corrected chi connectivity index (χ3v) is 6.00. The molecule has 0 aromatic heterocycles. The number of rotatable bonds is 3. The number of hydrogen-bond acceptors (Lipinski definition) is 4. The van der Waals surface area contributed by atoms with Crippen LogP contribution < -0.4 is 5.32 Å². The maximum Gasteiger partial charge on any atom is 0.193 e. The molecule has 27 heavy (non-hydrogen) atoms. The van der Waals surface area contributed by atoms with Crippen LogP contribution in [0.2, 0.25) is 0 Å². The van der Waals surface area contributed by atoms with Crippen molar-refractivity contribution in [2.24, 2.45) is 4.99 Å². The summed E-state index contributed by atoms with van der Waals surface area (Å²) in [5.74, 6) is 1.00. The molecule has 7 heteroatoms. The first kappa shape index (κ1) is 20.8. The average Bonchev–Trinajstić information content (AvgIpc) is 2.70. The van der Waals surface area contributed by atoms with Gasteiger partial charge in [0.25, 0.3) is 0 Å². The van der Waals surface area contributed by atoms with Crippen LogP contribution in [0.1, 0.15) is 17.2 Å².